The number of ketones is 1. The number of esters is 1. The molecule has 0 aromatic heterocycles. The van der Waals surface area contributed by atoms with Gasteiger partial charge in [-0.25, -0.2) is 4.39 Å². The van der Waals surface area contributed by atoms with Crippen LogP contribution < -0.4 is 10.1 Å². The van der Waals surface area contributed by atoms with Crippen LogP contribution in [-0.2, 0) is 27.2 Å². The fraction of sp³-hybridized carbons (Fsp3) is 0.211. The molecule has 1 aliphatic rings. The molecule has 134 valence electrons. The summed E-state index contributed by atoms with van der Waals surface area (Å²) in [6.45, 7) is -0.419. The molecule has 2 aromatic carbocycles. The summed E-state index contributed by atoms with van der Waals surface area (Å²) in [5, 5.41) is 2.68. The molecule has 0 saturated carbocycles. The summed E-state index contributed by atoms with van der Waals surface area (Å²) in [5.41, 5.74) is 2.21. The summed E-state index contributed by atoms with van der Waals surface area (Å²) in [4.78, 5) is 35.4. The Bertz CT molecular complexity index is 893. The van der Waals surface area contributed by atoms with Crippen molar-refractivity contribution >= 4 is 23.3 Å². The van der Waals surface area contributed by atoms with Gasteiger partial charge in [-0.15, -0.1) is 0 Å². The number of carbonyl (C=O) groups is 3. The number of Topliss-reactive ketones (excluding diaryl/α,β-unsaturated/α-hetero) is 1. The molecule has 0 fully saturated rings. The highest BCUT2D eigenvalue weighted by Gasteiger charge is 2.19. The number of ether oxygens (including phenoxy) is 2. The molecule has 1 N–H and O–H groups in total. The van der Waals surface area contributed by atoms with E-state index in [2.05, 4.69) is 5.32 Å². The molecule has 0 radical (unpaired) electrons. The number of hydrogen-bond acceptors (Lipinski definition) is 5. The molecule has 1 amide bonds. The molecule has 1 aliphatic heterocycles. The van der Waals surface area contributed by atoms with Crippen molar-refractivity contribution in [1.29, 1.82) is 0 Å². The lowest BCUT2D eigenvalue weighted by Gasteiger charge is -2.07. The van der Waals surface area contributed by atoms with E-state index in [1.807, 2.05) is 0 Å². The number of rotatable bonds is 6. The van der Waals surface area contributed by atoms with E-state index in [1.54, 1.807) is 24.3 Å². The second kappa shape index (κ2) is 7.35. The average Bonchev–Trinajstić information content (AvgIpc) is 2.99. The molecule has 0 aliphatic carbocycles. The lowest BCUT2D eigenvalue weighted by Crippen LogP contribution is -2.16. The standard InChI is InChI=1S/C19H16FNO5/c1-25-17-5-2-11(6-14(17)20)7-19(24)26-10-16(22)12-3-4-15-13(8-12)9-18(23)21-15/h2-6,8H,7,9-10H2,1H3,(H,21,23). The van der Waals surface area contributed by atoms with Gasteiger partial charge in [0.25, 0.3) is 0 Å². The van der Waals surface area contributed by atoms with Crippen LogP contribution in [0.1, 0.15) is 21.5 Å². The lowest BCUT2D eigenvalue weighted by molar-refractivity contribution is -0.141. The van der Waals surface area contributed by atoms with Gasteiger partial charge in [-0.1, -0.05) is 6.07 Å². The van der Waals surface area contributed by atoms with Crippen molar-refractivity contribution in [2.75, 3.05) is 19.0 Å². The molecule has 0 saturated heterocycles. The fourth-order valence-electron chi connectivity index (χ4n) is 2.67. The van der Waals surface area contributed by atoms with Crippen LogP contribution in [0.25, 0.3) is 0 Å². The summed E-state index contributed by atoms with van der Waals surface area (Å²) in [7, 11) is 1.35. The first-order valence-electron chi connectivity index (χ1n) is 7.90. The van der Waals surface area contributed by atoms with Crippen LogP contribution in [0.15, 0.2) is 36.4 Å². The summed E-state index contributed by atoms with van der Waals surface area (Å²) in [5.74, 6) is -1.62. The average molecular weight is 357 g/mol. The monoisotopic (exact) mass is 357 g/mol. The van der Waals surface area contributed by atoms with E-state index in [1.165, 1.54) is 19.2 Å². The Balaban J connectivity index is 1.56. The van der Waals surface area contributed by atoms with Crippen molar-refractivity contribution in [1.82, 2.24) is 0 Å². The second-order valence-corrected chi connectivity index (χ2v) is 5.83. The van der Waals surface area contributed by atoms with Gasteiger partial charge in [0.2, 0.25) is 5.91 Å². The molecule has 0 unspecified atom stereocenters. The highest BCUT2D eigenvalue weighted by Crippen LogP contribution is 2.24. The van der Waals surface area contributed by atoms with E-state index in [4.69, 9.17) is 9.47 Å². The number of methoxy groups -OCH3 is 1. The minimum absolute atomic E-state index is 0.0851. The Labute approximate surface area is 148 Å². The van der Waals surface area contributed by atoms with E-state index >= 15 is 0 Å². The number of benzene rings is 2. The maximum absolute atomic E-state index is 13.6. The molecular weight excluding hydrogens is 341 g/mol. The highest BCUT2D eigenvalue weighted by molar-refractivity contribution is 6.02. The Morgan fingerprint density at radius 2 is 2.00 bits per heavy atom. The topological polar surface area (TPSA) is 81.7 Å². The van der Waals surface area contributed by atoms with Crippen LogP contribution in [0, 0.1) is 5.82 Å². The molecular formula is C19H16FNO5. The quantitative estimate of drug-likeness (QED) is 0.634. The van der Waals surface area contributed by atoms with Gasteiger partial charge < -0.3 is 14.8 Å². The van der Waals surface area contributed by atoms with E-state index in [0.717, 1.165) is 5.56 Å². The first-order valence-corrected chi connectivity index (χ1v) is 7.90. The largest absolute Gasteiger partial charge is 0.494 e. The van der Waals surface area contributed by atoms with Gasteiger partial charge in [0.1, 0.15) is 0 Å². The van der Waals surface area contributed by atoms with Crippen molar-refractivity contribution < 1.29 is 28.2 Å². The molecule has 7 heteroatoms. The molecule has 2 aromatic rings. The third-order valence-electron chi connectivity index (χ3n) is 3.98. The predicted octanol–water partition coefficient (Wildman–Crippen LogP) is 2.30. The molecule has 0 bridgehead atoms. The Kier molecular flexibility index (Phi) is 4.97. The molecule has 26 heavy (non-hydrogen) atoms. The maximum Gasteiger partial charge on any atom is 0.310 e. The van der Waals surface area contributed by atoms with Crippen molar-refractivity contribution in [2.24, 2.45) is 0 Å². The van der Waals surface area contributed by atoms with Crippen LogP contribution in [0.2, 0.25) is 0 Å². The summed E-state index contributed by atoms with van der Waals surface area (Å²) in [6, 6.07) is 8.99. The van der Waals surface area contributed by atoms with E-state index in [0.29, 0.717) is 16.8 Å². The molecule has 0 spiro atoms. The van der Waals surface area contributed by atoms with Crippen molar-refractivity contribution in [2.45, 2.75) is 12.8 Å². The lowest BCUT2D eigenvalue weighted by atomic mass is 10.1. The molecule has 0 atom stereocenters. The smallest absolute Gasteiger partial charge is 0.310 e. The summed E-state index contributed by atoms with van der Waals surface area (Å²) < 4.78 is 23.4. The SMILES string of the molecule is COc1ccc(CC(=O)OCC(=O)c2ccc3c(c2)CC(=O)N3)cc1F. The van der Waals surface area contributed by atoms with Gasteiger partial charge in [-0.05, 0) is 41.5 Å². The van der Waals surface area contributed by atoms with Crippen LogP contribution in [0.5, 0.6) is 5.75 Å². The zero-order valence-corrected chi connectivity index (χ0v) is 14.0. The van der Waals surface area contributed by atoms with Gasteiger partial charge in [0.05, 0.1) is 20.0 Å². The number of anilines is 1. The first kappa shape index (κ1) is 17.6. The first-order chi connectivity index (χ1) is 12.5. The third-order valence-corrected chi connectivity index (χ3v) is 3.98. The van der Waals surface area contributed by atoms with Crippen LogP contribution in [0.3, 0.4) is 0 Å². The van der Waals surface area contributed by atoms with Crippen molar-refractivity contribution in [3.8, 4) is 5.75 Å². The Morgan fingerprint density at radius 3 is 2.73 bits per heavy atom. The number of halogens is 1. The minimum Gasteiger partial charge on any atom is -0.494 e. The summed E-state index contributed by atoms with van der Waals surface area (Å²) >= 11 is 0. The van der Waals surface area contributed by atoms with Crippen LogP contribution in [0.4, 0.5) is 10.1 Å². The van der Waals surface area contributed by atoms with Crippen LogP contribution >= 0.6 is 0 Å². The normalized spacial score (nSPS) is 12.3. The molecule has 6 nitrogen and oxygen atoms in total. The maximum atomic E-state index is 13.6. The van der Waals surface area contributed by atoms with Gasteiger partial charge >= 0.3 is 5.97 Å². The summed E-state index contributed by atoms with van der Waals surface area (Å²) in [6.07, 6.45) is 0.0656. The molecule has 1 heterocycles. The van der Waals surface area contributed by atoms with E-state index in [9.17, 15) is 18.8 Å². The van der Waals surface area contributed by atoms with Gasteiger partial charge in [0, 0.05) is 11.3 Å². The number of amides is 1. The minimum atomic E-state index is -0.638. The van der Waals surface area contributed by atoms with Crippen molar-refractivity contribution in [3.63, 3.8) is 0 Å². The Hall–Kier alpha value is -3.22. The van der Waals surface area contributed by atoms with E-state index < -0.39 is 18.4 Å². The number of fused-ring (bicyclic) bond motifs is 1. The number of nitrogens with one attached hydrogen (secondary N) is 1. The van der Waals surface area contributed by atoms with E-state index in [-0.39, 0.29) is 30.3 Å². The number of hydrogen-bond donors (Lipinski definition) is 1. The van der Waals surface area contributed by atoms with Gasteiger partial charge in [-0.2, -0.15) is 0 Å². The second-order valence-electron chi connectivity index (χ2n) is 5.83. The van der Waals surface area contributed by atoms with Crippen LogP contribution in [-0.4, -0.2) is 31.4 Å². The zero-order valence-electron chi connectivity index (χ0n) is 14.0. The molecule has 3 rings (SSSR count). The fourth-order valence-corrected chi connectivity index (χ4v) is 2.67. The Morgan fingerprint density at radius 1 is 1.19 bits per heavy atom. The number of carbonyl (C=O) groups excluding carboxylic acids is 3. The van der Waals surface area contributed by atoms with Crippen molar-refractivity contribution in [3.05, 3.63) is 58.9 Å². The zero-order chi connectivity index (χ0) is 18.7. The predicted molar refractivity (Wildman–Crippen MR) is 90.7 cm³/mol. The highest BCUT2D eigenvalue weighted by atomic mass is 19.1. The van der Waals surface area contributed by atoms with Gasteiger partial charge in [-0.3, -0.25) is 14.4 Å². The third kappa shape index (κ3) is 3.88. The van der Waals surface area contributed by atoms with Gasteiger partial charge in [0.15, 0.2) is 24.0 Å².